The van der Waals surface area contributed by atoms with E-state index in [1.165, 1.54) is 82.0 Å². The molecule has 9 aromatic carbocycles. The first-order valence-electron chi connectivity index (χ1n) is 18.6. The zero-order chi connectivity index (χ0) is 37.1. The summed E-state index contributed by atoms with van der Waals surface area (Å²) in [6.45, 7) is 2.07. The molecule has 3 nitrogen and oxygen atoms in total. The molecule has 0 aliphatic carbocycles. The normalized spacial score (nSPS) is 11.1. The Balaban J connectivity index is 0.000000195. The molecule has 3 N–H and O–H groups in total. The summed E-state index contributed by atoms with van der Waals surface area (Å²) in [5.41, 5.74) is 17.4. The second kappa shape index (κ2) is 14.7. The summed E-state index contributed by atoms with van der Waals surface area (Å²) < 4.78 is 0. The molecule has 10 rings (SSSR count). The molecule has 0 unspecified atom stereocenters. The standard InChI is InChI=1S/C36H26N2.C16H13N/c37-33-15-7-8-16-34(33)38-28-21-19-25(20-22-28)35-29-11-3-5-13-31(29)36(32-14-6-4-12-30(32)35)27-18-17-24-9-1-2-10-26(24)23-27;1-12-8-16(11-17-10-12)15-7-6-13-4-2-3-5-14(13)9-15/h1-23,38H,37H2;2-11H,1H3. The number of nitrogens with one attached hydrogen (secondary N) is 1. The van der Waals surface area contributed by atoms with Gasteiger partial charge in [-0.05, 0) is 126 Å². The molecule has 0 fully saturated rings. The van der Waals surface area contributed by atoms with Gasteiger partial charge >= 0.3 is 0 Å². The Hall–Kier alpha value is -7.23. The van der Waals surface area contributed by atoms with Gasteiger partial charge in [-0.1, -0.05) is 146 Å². The van der Waals surface area contributed by atoms with Gasteiger partial charge in [-0.15, -0.1) is 0 Å². The van der Waals surface area contributed by atoms with Gasteiger partial charge in [0.05, 0.1) is 11.4 Å². The number of benzene rings is 9. The number of pyridine rings is 1. The number of nitrogens with two attached hydrogens (primary N) is 1. The number of anilines is 3. The van der Waals surface area contributed by atoms with Crippen LogP contribution in [0.5, 0.6) is 0 Å². The third kappa shape index (κ3) is 6.76. The molecule has 0 aliphatic heterocycles. The van der Waals surface area contributed by atoms with Crippen LogP contribution in [-0.4, -0.2) is 4.98 Å². The molecule has 262 valence electrons. The van der Waals surface area contributed by atoms with E-state index in [1.807, 2.05) is 36.7 Å². The van der Waals surface area contributed by atoms with Gasteiger partial charge in [-0.3, -0.25) is 4.98 Å². The number of hydrogen-bond acceptors (Lipinski definition) is 3. The number of fused-ring (bicyclic) bond motifs is 4. The zero-order valence-electron chi connectivity index (χ0n) is 30.6. The van der Waals surface area contributed by atoms with E-state index in [4.69, 9.17) is 5.73 Å². The van der Waals surface area contributed by atoms with Crippen LogP contribution in [-0.2, 0) is 0 Å². The highest BCUT2D eigenvalue weighted by molar-refractivity contribution is 6.21. The lowest BCUT2D eigenvalue weighted by atomic mass is 9.85. The Labute approximate surface area is 321 Å². The van der Waals surface area contributed by atoms with Gasteiger partial charge < -0.3 is 11.1 Å². The van der Waals surface area contributed by atoms with Crippen molar-refractivity contribution in [1.29, 1.82) is 0 Å². The molecule has 0 saturated heterocycles. The van der Waals surface area contributed by atoms with E-state index in [-0.39, 0.29) is 0 Å². The fraction of sp³-hybridized carbons (Fsp3) is 0.0192. The third-order valence-corrected chi connectivity index (χ3v) is 10.3. The largest absolute Gasteiger partial charge is 0.397 e. The monoisotopic (exact) mass is 705 g/mol. The minimum atomic E-state index is 0.734. The molecule has 0 spiro atoms. The number of rotatable bonds is 5. The van der Waals surface area contributed by atoms with Crippen LogP contribution < -0.4 is 11.1 Å². The predicted octanol–water partition coefficient (Wildman–Crippen LogP) is 14.0. The fourth-order valence-corrected chi connectivity index (χ4v) is 7.66. The minimum absolute atomic E-state index is 0.734. The quantitative estimate of drug-likeness (QED) is 0.138. The van der Waals surface area contributed by atoms with Crippen LogP contribution in [0.3, 0.4) is 0 Å². The summed E-state index contributed by atoms with van der Waals surface area (Å²) in [5, 5.41) is 13.5. The van der Waals surface area contributed by atoms with Gasteiger partial charge in [0.15, 0.2) is 0 Å². The summed E-state index contributed by atoms with van der Waals surface area (Å²) in [5.74, 6) is 0. The molecular formula is C52H39N3. The summed E-state index contributed by atoms with van der Waals surface area (Å²) in [4.78, 5) is 4.24. The number of para-hydroxylation sites is 2. The predicted molar refractivity (Wildman–Crippen MR) is 236 cm³/mol. The van der Waals surface area contributed by atoms with Crippen molar-refractivity contribution in [3.05, 3.63) is 206 Å². The average Bonchev–Trinajstić information content (AvgIpc) is 3.24. The third-order valence-electron chi connectivity index (χ3n) is 10.3. The Morgan fingerprint density at radius 3 is 1.45 bits per heavy atom. The summed E-state index contributed by atoms with van der Waals surface area (Å²) >= 11 is 0. The molecule has 0 radical (unpaired) electrons. The number of nitrogen functional groups attached to an aromatic ring is 1. The molecule has 55 heavy (non-hydrogen) atoms. The zero-order valence-corrected chi connectivity index (χ0v) is 30.6. The van der Waals surface area contributed by atoms with Crippen molar-refractivity contribution >= 4 is 60.2 Å². The molecule has 0 bridgehead atoms. The van der Waals surface area contributed by atoms with Crippen LogP contribution in [0.2, 0.25) is 0 Å². The lowest BCUT2D eigenvalue weighted by molar-refractivity contribution is 1.27. The lowest BCUT2D eigenvalue weighted by Crippen LogP contribution is -1.95. The summed E-state index contributed by atoms with van der Waals surface area (Å²) in [7, 11) is 0. The first-order valence-corrected chi connectivity index (χ1v) is 18.6. The van der Waals surface area contributed by atoms with Crippen LogP contribution in [0, 0.1) is 6.92 Å². The highest BCUT2D eigenvalue weighted by Crippen LogP contribution is 2.44. The van der Waals surface area contributed by atoms with E-state index >= 15 is 0 Å². The van der Waals surface area contributed by atoms with Crippen molar-refractivity contribution in [2.75, 3.05) is 11.1 Å². The van der Waals surface area contributed by atoms with Crippen molar-refractivity contribution in [1.82, 2.24) is 4.98 Å². The molecule has 0 amide bonds. The fourth-order valence-electron chi connectivity index (χ4n) is 7.66. The molecule has 1 heterocycles. The molecular weight excluding hydrogens is 667 g/mol. The first kappa shape index (κ1) is 33.6. The van der Waals surface area contributed by atoms with E-state index in [0.717, 1.165) is 17.1 Å². The van der Waals surface area contributed by atoms with E-state index in [0.29, 0.717) is 0 Å². The van der Waals surface area contributed by atoms with E-state index in [9.17, 15) is 0 Å². The Bertz CT molecular complexity index is 2920. The van der Waals surface area contributed by atoms with Gasteiger partial charge in [0.1, 0.15) is 0 Å². The van der Waals surface area contributed by atoms with Gasteiger partial charge in [0.2, 0.25) is 0 Å². The lowest BCUT2D eigenvalue weighted by Gasteiger charge is -2.18. The second-order valence-electron chi connectivity index (χ2n) is 14.0. The number of nitrogens with zero attached hydrogens (tertiary/aromatic N) is 1. The molecule has 1 aromatic heterocycles. The van der Waals surface area contributed by atoms with E-state index in [2.05, 4.69) is 181 Å². The molecule has 3 heteroatoms. The topological polar surface area (TPSA) is 50.9 Å². The Kier molecular flexibility index (Phi) is 8.95. The summed E-state index contributed by atoms with van der Waals surface area (Å²) in [6.07, 6.45) is 3.79. The SMILES string of the molecule is Cc1cncc(-c2ccc3ccccc3c2)c1.Nc1ccccc1Nc1ccc(-c2c3ccccc3c(-c3ccc4ccccc4c3)c3ccccc23)cc1. The van der Waals surface area contributed by atoms with E-state index < -0.39 is 0 Å². The highest BCUT2D eigenvalue weighted by Gasteiger charge is 2.16. The van der Waals surface area contributed by atoms with Crippen molar-refractivity contribution in [2.45, 2.75) is 6.92 Å². The first-order chi connectivity index (χ1) is 27.1. The maximum Gasteiger partial charge on any atom is 0.0617 e. The van der Waals surface area contributed by atoms with Crippen molar-refractivity contribution in [3.8, 4) is 33.4 Å². The van der Waals surface area contributed by atoms with Crippen LogP contribution in [0.4, 0.5) is 17.1 Å². The van der Waals surface area contributed by atoms with Crippen LogP contribution >= 0.6 is 0 Å². The van der Waals surface area contributed by atoms with Crippen LogP contribution in [0.25, 0.3) is 76.5 Å². The Morgan fingerprint density at radius 2 is 0.873 bits per heavy atom. The minimum Gasteiger partial charge on any atom is -0.397 e. The van der Waals surface area contributed by atoms with Crippen LogP contribution in [0.1, 0.15) is 5.56 Å². The second-order valence-corrected chi connectivity index (χ2v) is 14.0. The molecule has 0 aliphatic rings. The molecule has 10 aromatic rings. The van der Waals surface area contributed by atoms with Gasteiger partial charge in [-0.25, -0.2) is 0 Å². The van der Waals surface area contributed by atoms with Gasteiger partial charge in [0.25, 0.3) is 0 Å². The van der Waals surface area contributed by atoms with E-state index in [1.54, 1.807) is 0 Å². The van der Waals surface area contributed by atoms with Gasteiger partial charge in [-0.2, -0.15) is 0 Å². The highest BCUT2D eigenvalue weighted by atomic mass is 14.9. The van der Waals surface area contributed by atoms with Crippen molar-refractivity contribution < 1.29 is 0 Å². The average molecular weight is 706 g/mol. The van der Waals surface area contributed by atoms with Gasteiger partial charge in [0, 0.05) is 23.6 Å². The smallest absolute Gasteiger partial charge is 0.0617 e. The number of aromatic nitrogens is 1. The van der Waals surface area contributed by atoms with Crippen LogP contribution in [0.15, 0.2) is 200 Å². The maximum absolute atomic E-state index is 6.14. The summed E-state index contributed by atoms with van der Waals surface area (Å²) in [6, 6.07) is 66.5. The molecule has 0 atom stereocenters. The Morgan fingerprint density at radius 1 is 0.400 bits per heavy atom. The maximum atomic E-state index is 6.14. The van der Waals surface area contributed by atoms with Crippen molar-refractivity contribution in [2.24, 2.45) is 0 Å². The van der Waals surface area contributed by atoms with Crippen molar-refractivity contribution in [3.63, 3.8) is 0 Å². The number of hydrogen-bond donors (Lipinski definition) is 2. The number of aryl methyl sites for hydroxylation is 1. The molecule has 0 saturated carbocycles.